The van der Waals surface area contributed by atoms with Gasteiger partial charge in [0.1, 0.15) is 12.4 Å². The molecule has 0 aliphatic carbocycles. The van der Waals surface area contributed by atoms with Gasteiger partial charge in [0.15, 0.2) is 0 Å². The SMILES string of the molecule is CC(C)CCNC(=O)C1COc2ccc(NC(=O)c3ccc(Br)cc3)cc2C1. The van der Waals surface area contributed by atoms with Crippen LogP contribution >= 0.6 is 15.9 Å². The predicted molar refractivity (Wildman–Crippen MR) is 114 cm³/mol. The molecule has 2 aromatic rings. The molecule has 1 heterocycles. The number of carbonyl (C=O) groups excluding carboxylic acids is 2. The topological polar surface area (TPSA) is 67.4 Å². The van der Waals surface area contributed by atoms with Crippen LogP contribution in [-0.4, -0.2) is 25.0 Å². The van der Waals surface area contributed by atoms with E-state index in [2.05, 4.69) is 40.4 Å². The van der Waals surface area contributed by atoms with Crippen molar-refractivity contribution in [1.29, 1.82) is 0 Å². The summed E-state index contributed by atoms with van der Waals surface area (Å²) in [7, 11) is 0. The Labute approximate surface area is 174 Å². The average molecular weight is 445 g/mol. The van der Waals surface area contributed by atoms with Crippen LogP contribution in [0.3, 0.4) is 0 Å². The van der Waals surface area contributed by atoms with E-state index in [9.17, 15) is 9.59 Å². The molecular formula is C22H25BrN2O3. The number of rotatable bonds is 6. The first-order valence-electron chi connectivity index (χ1n) is 9.52. The lowest BCUT2D eigenvalue weighted by Gasteiger charge is -2.25. The van der Waals surface area contributed by atoms with Crippen molar-refractivity contribution in [3.8, 4) is 5.75 Å². The molecule has 148 valence electrons. The molecule has 0 radical (unpaired) electrons. The van der Waals surface area contributed by atoms with Gasteiger partial charge in [0.25, 0.3) is 5.91 Å². The van der Waals surface area contributed by atoms with Gasteiger partial charge in [0, 0.05) is 22.3 Å². The highest BCUT2D eigenvalue weighted by Gasteiger charge is 2.26. The molecule has 1 atom stereocenters. The fourth-order valence-corrected chi connectivity index (χ4v) is 3.34. The molecule has 1 unspecified atom stereocenters. The third-order valence-corrected chi connectivity index (χ3v) is 5.25. The van der Waals surface area contributed by atoms with E-state index in [1.54, 1.807) is 12.1 Å². The summed E-state index contributed by atoms with van der Waals surface area (Å²) in [6.07, 6.45) is 1.56. The first-order chi connectivity index (χ1) is 13.4. The zero-order valence-electron chi connectivity index (χ0n) is 16.1. The van der Waals surface area contributed by atoms with Crippen molar-refractivity contribution in [2.45, 2.75) is 26.7 Å². The lowest BCUT2D eigenvalue weighted by molar-refractivity contribution is -0.126. The minimum absolute atomic E-state index is 0.0237. The van der Waals surface area contributed by atoms with Crippen LogP contribution in [0.1, 0.15) is 36.2 Å². The van der Waals surface area contributed by atoms with Crippen molar-refractivity contribution < 1.29 is 14.3 Å². The minimum Gasteiger partial charge on any atom is -0.492 e. The normalized spacial score (nSPS) is 15.5. The number of carbonyl (C=O) groups is 2. The van der Waals surface area contributed by atoms with Crippen LogP contribution in [-0.2, 0) is 11.2 Å². The van der Waals surface area contributed by atoms with Crippen molar-refractivity contribution >= 4 is 33.4 Å². The maximum Gasteiger partial charge on any atom is 0.255 e. The van der Waals surface area contributed by atoms with E-state index in [1.165, 1.54) is 0 Å². The van der Waals surface area contributed by atoms with E-state index in [4.69, 9.17) is 4.74 Å². The smallest absolute Gasteiger partial charge is 0.255 e. The zero-order valence-corrected chi connectivity index (χ0v) is 17.7. The van der Waals surface area contributed by atoms with Gasteiger partial charge in [0.2, 0.25) is 5.91 Å². The van der Waals surface area contributed by atoms with Gasteiger partial charge in [-0.2, -0.15) is 0 Å². The number of fused-ring (bicyclic) bond motifs is 1. The molecule has 0 fully saturated rings. The summed E-state index contributed by atoms with van der Waals surface area (Å²) in [6.45, 7) is 5.33. The Kier molecular flexibility index (Phi) is 6.73. The number of hydrogen-bond donors (Lipinski definition) is 2. The number of halogens is 1. The number of ether oxygens (including phenoxy) is 1. The van der Waals surface area contributed by atoms with Crippen molar-refractivity contribution in [3.05, 3.63) is 58.1 Å². The highest BCUT2D eigenvalue weighted by Crippen LogP contribution is 2.30. The van der Waals surface area contributed by atoms with E-state index in [0.717, 1.165) is 22.2 Å². The van der Waals surface area contributed by atoms with Crippen LogP contribution < -0.4 is 15.4 Å². The van der Waals surface area contributed by atoms with Crippen LogP contribution in [0, 0.1) is 11.8 Å². The molecule has 0 bridgehead atoms. The summed E-state index contributed by atoms with van der Waals surface area (Å²) >= 11 is 3.36. The van der Waals surface area contributed by atoms with E-state index in [-0.39, 0.29) is 17.7 Å². The second-order valence-corrected chi connectivity index (χ2v) is 8.38. The van der Waals surface area contributed by atoms with Crippen LogP contribution in [0.2, 0.25) is 0 Å². The quantitative estimate of drug-likeness (QED) is 0.692. The van der Waals surface area contributed by atoms with Crippen LogP contribution in [0.25, 0.3) is 0 Å². The lowest BCUT2D eigenvalue weighted by Crippen LogP contribution is -2.38. The van der Waals surface area contributed by atoms with Gasteiger partial charge in [-0.15, -0.1) is 0 Å². The first-order valence-corrected chi connectivity index (χ1v) is 10.3. The van der Waals surface area contributed by atoms with E-state index in [0.29, 0.717) is 36.7 Å². The van der Waals surface area contributed by atoms with Crippen LogP contribution in [0.15, 0.2) is 46.9 Å². The van der Waals surface area contributed by atoms with Crippen molar-refractivity contribution in [2.75, 3.05) is 18.5 Å². The molecule has 6 heteroatoms. The summed E-state index contributed by atoms with van der Waals surface area (Å²) in [4.78, 5) is 24.8. The van der Waals surface area contributed by atoms with Crippen LogP contribution in [0.5, 0.6) is 5.75 Å². The van der Waals surface area contributed by atoms with Gasteiger partial charge in [-0.25, -0.2) is 0 Å². The molecule has 1 aliphatic rings. The maximum absolute atomic E-state index is 12.4. The maximum atomic E-state index is 12.4. The molecular weight excluding hydrogens is 420 g/mol. The fourth-order valence-electron chi connectivity index (χ4n) is 3.07. The molecule has 0 saturated carbocycles. The molecule has 1 aliphatic heterocycles. The average Bonchev–Trinajstić information content (AvgIpc) is 2.67. The van der Waals surface area contributed by atoms with E-state index >= 15 is 0 Å². The van der Waals surface area contributed by atoms with E-state index in [1.807, 2.05) is 30.3 Å². The van der Waals surface area contributed by atoms with Gasteiger partial charge < -0.3 is 15.4 Å². The Morgan fingerprint density at radius 2 is 1.93 bits per heavy atom. The third-order valence-electron chi connectivity index (χ3n) is 4.72. The number of benzene rings is 2. The second kappa shape index (κ2) is 9.24. The third kappa shape index (κ3) is 5.35. The van der Waals surface area contributed by atoms with E-state index < -0.39 is 0 Å². The van der Waals surface area contributed by atoms with Gasteiger partial charge in [-0.05, 0) is 66.8 Å². The standard InChI is InChI=1S/C22H25BrN2O3/c1-14(2)9-10-24-21(26)17-11-16-12-19(7-8-20(16)28-13-17)25-22(27)15-3-5-18(23)6-4-15/h3-8,12,14,17H,9-11,13H2,1-2H3,(H,24,26)(H,25,27). The monoisotopic (exact) mass is 444 g/mol. The Balaban J connectivity index is 1.63. The largest absolute Gasteiger partial charge is 0.492 e. The molecule has 0 saturated heterocycles. The molecule has 28 heavy (non-hydrogen) atoms. The van der Waals surface area contributed by atoms with Crippen LogP contribution in [0.4, 0.5) is 5.69 Å². The minimum atomic E-state index is -0.211. The van der Waals surface area contributed by atoms with Crippen molar-refractivity contribution in [3.63, 3.8) is 0 Å². The predicted octanol–water partition coefficient (Wildman–Crippen LogP) is 4.41. The molecule has 2 N–H and O–H groups in total. The van der Waals surface area contributed by atoms with Gasteiger partial charge >= 0.3 is 0 Å². The molecule has 2 aromatic carbocycles. The lowest BCUT2D eigenvalue weighted by atomic mass is 9.95. The highest BCUT2D eigenvalue weighted by atomic mass is 79.9. The summed E-state index contributed by atoms with van der Waals surface area (Å²) in [5.41, 5.74) is 2.21. The van der Waals surface area contributed by atoms with Gasteiger partial charge in [0.05, 0.1) is 5.92 Å². The zero-order chi connectivity index (χ0) is 20.1. The number of nitrogens with one attached hydrogen (secondary N) is 2. The second-order valence-electron chi connectivity index (χ2n) is 7.47. The number of hydrogen-bond acceptors (Lipinski definition) is 3. The Morgan fingerprint density at radius 3 is 2.64 bits per heavy atom. The summed E-state index contributed by atoms with van der Waals surface area (Å²) in [6, 6.07) is 12.7. The van der Waals surface area contributed by atoms with Gasteiger partial charge in [-0.3, -0.25) is 9.59 Å². The summed E-state index contributed by atoms with van der Waals surface area (Å²) < 4.78 is 6.69. The molecule has 3 rings (SSSR count). The molecule has 0 aromatic heterocycles. The first kappa shape index (κ1) is 20.4. The summed E-state index contributed by atoms with van der Waals surface area (Å²) in [5, 5.41) is 5.90. The molecule has 0 spiro atoms. The van der Waals surface area contributed by atoms with Crippen molar-refractivity contribution in [1.82, 2.24) is 5.32 Å². The number of anilines is 1. The Hall–Kier alpha value is -2.34. The highest BCUT2D eigenvalue weighted by molar-refractivity contribution is 9.10. The Bertz CT molecular complexity index is 849. The van der Waals surface area contributed by atoms with Gasteiger partial charge in [-0.1, -0.05) is 29.8 Å². The Morgan fingerprint density at radius 1 is 1.18 bits per heavy atom. The molecule has 2 amide bonds. The fraction of sp³-hybridized carbons (Fsp3) is 0.364. The summed E-state index contributed by atoms with van der Waals surface area (Å²) in [5.74, 6) is 0.966. The molecule has 5 nitrogen and oxygen atoms in total. The number of amides is 2. The van der Waals surface area contributed by atoms with Crippen molar-refractivity contribution in [2.24, 2.45) is 11.8 Å².